The molecule has 150 valence electrons. The number of ether oxygens (including phenoxy) is 3. The fourth-order valence-electron chi connectivity index (χ4n) is 3.02. The van der Waals surface area contributed by atoms with Gasteiger partial charge in [0.05, 0.1) is 26.5 Å². The Morgan fingerprint density at radius 3 is 2.31 bits per heavy atom. The van der Waals surface area contributed by atoms with E-state index in [-0.39, 0.29) is 11.3 Å². The zero-order chi connectivity index (χ0) is 21.0. The summed E-state index contributed by atoms with van der Waals surface area (Å²) in [7, 11) is 2.51. The Bertz CT molecular complexity index is 1040. The molecule has 29 heavy (non-hydrogen) atoms. The molecule has 0 aliphatic carbocycles. The summed E-state index contributed by atoms with van der Waals surface area (Å²) in [6, 6.07) is 14.5. The van der Waals surface area contributed by atoms with Gasteiger partial charge in [0.2, 0.25) is 0 Å². The van der Waals surface area contributed by atoms with E-state index in [0.717, 1.165) is 5.56 Å². The van der Waals surface area contributed by atoms with Crippen LogP contribution in [0.5, 0.6) is 5.75 Å². The summed E-state index contributed by atoms with van der Waals surface area (Å²) in [5.74, 6) is -0.694. The lowest BCUT2D eigenvalue weighted by Gasteiger charge is -2.09. The molecule has 0 saturated heterocycles. The number of hydrogen-bond acceptors (Lipinski definition) is 6. The lowest BCUT2D eigenvalue weighted by atomic mass is 10.0. The Labute approximate surface area is 168 Å². The summed E-state index contributed by atoms with van der Waals surface area (Å²) < 4.78 is 17.0. The van der Waals surface area contributed by atoms with Crippen molar-refractivity contribution in [2.45, 2.75) is 13.8 Å². The van der Waals surface area contributed by atoms with E-state index in [1.807, 2.05) is 44.2 Å². The standard InChI is InChI=1S/C22H22N2O5/c1-5-29-17-13-15(12-11-14(17)2)19-18(21(25)27-3)20(22(26)28-4)24(23-19)16-9-7-6-8-10-16/h6-13H,5H2,1-4H3. The third-order valence-electron chi connectivity index (χ3n) is 4.42. The number of benzene rings is 2. The van der Waals surface area contributed by atoms with Crippen molar-refractivity contribution in [2.75, 3.05) is 20.8 Å². The minimum atomic E-state index is -0.690. The zero-order valence-corrected chi connectivity index (χ0v) is 16.8. The highest BCUT2D eigenvalue weighted by atomic mass is 16.5. The van der Waals surface area contributed by atoms with Crippen molar-refractivity contribution in [1.82, 2.24) is 9.78 Å². The Morgan fingerprint density at radius 2 is 1.69 bits per heavy atom. The molecule has 0 unspecified atom stereocenters. The predicted octanol–water partition coefficient (Wildman–Crippen LogP) is 3.82. The summed E-state index contributed by atoms with van der Waals surface area (Å²) in [5, 5.41) is 4.58. The van der Waals surface area contributed by atoms with Gasteiger partial charge in [0.1, 0.15) is 17.0 Å². The summed E-state index contributed by atoms with van der Waals surface area (Å²) in [4.78, 5) is 25.3. The lowest BCUT2D eigenvalue weighted by molar-refractivity contribution is 0.0549. The average molecular weight is 394 g/mol. The van der Waals surface area contributed by atoms with E-state index in [1.54, 1.807) is 18.2 Å². The van der Waals surface area contributed by atoms with E-state index < -0.39 is 11.9 Å². The first kappa shape index (κ1) is 20.1. The van der Waals surface area contributed by atoms with E-state index >= 15 is 0 Å². The van der Waals surface area contributed by atoms with Crippen LogP contribution in [0.4, 0.5) is 0 Å². The van der Waals surface area contributed by atoms with Gasteiger partial charge < -0.3 is 14.2 Å². The van der Waals surface area contributed by atoms with Crippen molar-refractivity contribution >= 4 is 11.9 Å². The molecule has 0 aliphatic rings. The summed E-state index contributed by atoms with van der Waals surface area (Å²) >= 11 is 0. The fraction of sp³-hybridized carbons (Fsp3) is 0.227. The van der Waals surface area contributed by atoms with Gasteiger partial charge in [0.25, 0.3) is 0 Å². The van der Waals surface area contributed by atoms with Gasteiger partial charge in [0.15, 0.2) is 5.69 Å². The van der Waals surface area contributed by atoms with Gasteiger partial charge >= 0.3 is 11.9 Å². The van der Waals surface area contributed by atoms with E-state index in [0.29, 0.717) is 29.3 Å². The predicted molar refractivity (Wildman–Crippen MR) is 108 cm³/mol. The maximum Gasteiger partial charge on any atom is 0.357 e. The molecule has 0 bridgehead atoms. The average Bonchev–Trinajstić information content (AvgIpc) is 3.15. The summed E-state index contributed by atoms with van der Waals surface area (Å²) in [6.07, 6.45) is 0. The number of hydrogen-bond donors (Lipinski definition) is 0. The van der Waals surface area contributed by atoms with Gasteiger partial charge in [-0.25, -0.2) is 14.3 Å². The number of esters is 2. The minimum Gasteiger partial charge on any atom is -0.494 e. The zero-order valence-electron chi connectivity index (χ0n) is 16.8. The Hall–Kier alpha value is -3.61. The van der Waals surface area contributed by atoms with Crippen molar-refractivity contribution in [3.05, 3.63) is 65.4 Å². The Morgan fingerprint density at radius 1 is 1.00 bits per heavy atom. The quantitative estimate of drug-likeness (QED) is 0.592. The number of carbonyl (C=O) groups excluding carboxylic acids is 2. The number of aromatic nitrogens is 2. The smallest absolute Gasteiger partial charge is 0.357 e. The maximum absolute atomic E-state index is 12.7. The highest BCUT2D eigenvalue weighted by Gasteiger charge is 2.31. The molecule has 2 aromatic carbocycles. The molecule has 0 spiro atoms. The number of aryl methyl sites for hydroxylation is 1. The van der Waals surface area contributed by atoms with Gasteiger partial charge in [-0.1, -0.05) is 30.3 Å². The first-order valence-corrected chi connectivity index (χ1v) is 9.10. The minimum absolute atomic E-state index is 0.000847. The second-order valence-electron chi connectivity index (χ2n) is 6.22. The van der Waals surface area contributed by atoms with E-state index in [2.05, 4.69) is 5.10 Å². The van der Waals surface area contributed by atoms with Crippen molar-refractivity contribution in [1.29, 1.82) is 0 Å². The number of nitrogens with zero attached hydrogens (tertiary/aromatic N) is 2. The van der Waals surface area contributed by atoms with Gasteiger partial charge in [-0.15, -0.1) is 0 Å². The Balaban J connectivity index is 2.32. The van der Waals surface area contributed by atoms with Crippen LogP contribution >= 0.6 is 0 Å². The molecule has 0 fully saturated rings. The second kappa shape index (κ2) is 8.60. The number of methoxy groups -OCH3 is 2. The molecule has 7 heteroatoms. The van der Waals surface area contributed by atoms with Gasteiger partial charge in [-0.2, -0.15) is 5.10 Å². The van der Waals surface area contributed by atoms with Crippen LogP contribution in [0, 0.1) is 6.92 Å². The Kier molecular flexibility index (Phi) is 5.97. The van der Waals surface area contributed by atoms with Crippen LogP contribution in [-0.2, 0) is 9.47 Å². The molecule has 0 N–H and O–H groups in total. The third kappa shape index (κ3) is 3.85. The normalized spacial score (nSPS) is 10.5. The SMILES string of the molecule is CCOc1cc(-c2nn(-c3ccccc3)c(C(=O)OC)c2C(=O)OC)ccc1C. The number of rotatable bonds is 6. The highest BCUT2D eigenvalue weighted by molar-refractivity contribution is 6.06. The van der Waals surface area contributed by atoms with E-state index in [1.165, 1.54) is 18.9 Å². The van der Waals surface area contributed by atoms with Crippen LogP contribution in [0.2, 0.25) is 0 Å². The van der Waals surface area contributed by atoms with Gasteiger partial charge in [0, 0.05) is 5.56 Å². The molecule has 0 amide bonds. The van der Waals surface area contributed by atoms with Crippen LogP contribution in [0.15, 0.2) is 48.5 Å². The van der Waals surface area contributed by atoms with E-state index in [4.69, 9.17) is 14.2 Å². The van der Waals surface area contributed by atoms with Crippen molar-refractivity contribution in [3.63, 3.8) is 0 Å². The second-order valence-corrected chi connectivity index (χ2v) is 6.22. The molecule has 0 aliphatic heterocycles. The first-order chi connectivity index (χ1) is 14.0. The van der Waals surface area contributed by atoms with Crippen LogP contribution in [0.3, 0.4) is 0 Å². The lowest BCUT2D eigenvalue weighted by Crippen LogP contribution is -2.15. The topological polar surface area (TPSA) is 79.7 Å². The van der Waals surface area contributed by atoms with Crippen LogP contribution in [-0.4, -0.2) is 42.5 Å². The molecule has 1 aromatic heterocycles. The van der Waals surface area contributed by atoms with Crippen molar-refractivity contribution in [3.8, 4) is 22.7 Å². The molecule has 0 atom stereocenters. The van der Waals surface area contributed by atoms with Gasteiger partial charge in [-0.3, -0.25) is 0 Å². The van der Waals surface area contributed by atoms with Crippen LogP contribution in [0.1, 0.15) is 33.3 Å². The maximum atomic E-state index is 12.7. The van der Waals surface area contributed by atoms with Crippen LogP contribution < -0.4 is 4.74 Å². The van der Waals surface area contributed by atoms with Gasteiger partial charge in [-0.05, 0) is 37.6 Å². The molecule has 3 rings (SSSR count). The number of para-hydroxylation sites is 1. The highest BCUT2D eigenvalue weighted by Crippen LogP contribution is 2.32. The van der Waals surface area contributed by atoms with Crippen molar-refractivity contribution < 1.29 is 23.8 Å². The third-order valence-corrected chi connectivity index (χ3v) is 4.42. The molecule has 0 saturated carbocycles. The molecular weight excluding hydrogens is 372 g/mol. The molecule has 1 heterocycles. The fourth-order valence-corrected chi connectivity index (χ4v) is 3.02. The first-order valence-electron chi connectivity index (χ1n) is 9.10. The van der Waals surface area contributed by atoms with Crippen LogP contribution in [0.25, 0.3) is 16.9 Å². The monoisotopic (exact) mass is 394 g/mol. The summed E-state index contributed by atoms with van der Waals surface area (Å²) in [6.45, 7) is 4.32. The molecule has 3 aromatic rings. The molecule has 7 nitrogen and oxygen atoms in total. The largest absolute Gasteiger partial charge is 0.494 e. The number of carbonyl (C=O) groups is 2. The van der Waals surface area contributed by atoms with Crippen molar-refractivity contribution in [2.24, 2.45) is 0 Å². The molecular formula is C22H22N2O5. The van der Waals surface area contributed by atoms with E-state index in [9.17, 15) is 9.59 Å². The molecule has 0 radical (unpaired) electrons. The summed E-state index contributed by atoms with van der Waals surface area (Å²) in [5.41, 5.74) is 2.53.